The highest BCUT2D eigenvalue weighted by molar-refractivity contribution is 6.31. The van der Waals surface area contributed by atoms with Crippen molar-refractivity contribution < 1.29 is 0 Å². The molecule has 1 heterocycles. The molecule has 0 radical (unpaired) electrons. The average molecular weight is 315 g/mol. The molecule has 1 aliphatic rings. The number of nitrogens with zero attached hydrogens (tertiary/aromatic N) is 2. The minimum atomic E-state index is 0.856. The van der Waals surface area contributed by atoms with Crippen molar-refractivity contribution in [1.82, 2.24) is 0 Å². The van der Waals surface area contributed by atoms with E-state index < -0.39 is 0 Å². The fraction of sp³-hybridized carbons (Fsp3) is 0.368. The number of para-hydroxylation sites is 1. The first-order valence-electron chi connectivity index (χ1n) is 7.88. The molecule has 0 aliphatic carbocycles. The monoisotopic (exact) mass is 314 g/mol. The molecule has 0 unspecified atom stereocenters. The third-order valence-electron chi connectivity index (χ3n) is 4.56. The van der Waals surface area contributed by atoms with E-state index in [1.807, 2.05) is 6.92 Å². The second-order valence-corrected chi connectivity index (χ2v) is 6.56. The van der Waals surface area contributed by atoms with E-state index in [9.17, 15) is 0 Å². The molecule has 0 aromatic heterocycles. The Morgan fingerprint density at radius 3 is 1.95 bits per heavy atom. The molecule has 2 aromatic rings. The van der Waals surface area contributed by atoms with Gasteiger partial charge in [-0.1, -0.05) is 35.9 Å². The van der Waals surface area contributed by atoms with Crippen molar-refractivity contribution in [3.05, 3.63) is 58.1 Å². The maximum absolute atomic E-state index is 6.26. The highest BCUT2D eigenvalue weighted by Crippen LogP contribution is 2.28. The Bertz CT molecular complexity index is 653. The second kappa shape index (κ2) is 6.21. The Labute approximate surface area is 138 Å². The molecule has 2 nitrogen and oxygen atoms in total. The van der Waals surface area contributed by atoms with Crippen LogP contribution in [-0.4, -0.2) is 26.2 Å². The lowest BCUT2D eigenvalue weighted by Gasteiger charge is -2.38. The molecule has 3 rings (SSSR count). The largest absolute Gasteiger partial charge is 0.368 e. The topological polar surface area (TPSA) is 6.48 Å². The quantitative estimate of drug-likeness (QED) is 0.800. The van der Waals surface area contributed by atoms with E-state index in [2.05, 4.69) is 60.0 Å². The van der Waals surface area contributed by atoms with Gasteiger partial charge in [-0.05, 0) is 49.6 Å². The smallest absolute Gasteiger partial charge is 0.0455 e. The zero-order valence-electron chi connectivity index (χ0n) is 13.6. The van der Waals surface area contributed by atoms with Crippen LogP contribution in [0.4, 0.5) is 11.4 Å². The Morgan fingerprint density at radius 1 is 0.773 bits per heavy atom. The van der Waals surface area contributed by atoms with E-state index >= 15 is 0 Å². The summed E-state index contributed by atoms with van der Waals surface area (Å²) in [7, 11) is 0. The number of hydrogen-bond donors (Lipinski definition) is 0. The van der Waals surface area contributed by atoms with E-state index in [0.29, 0.717) is 0 Å². The van der Waals surface area contributed by atoms with E-state index in [1.165, 1.54) is 22.5 Å². The molecule has 3 heteroatoms. The first kappa shape index (κ1) is 15.2. The summed E-state index contributed by atoms with van der Waals surface area (Å²) in [6, 6.07) is 12.9. The Balaban J connectivity index is 1.74. The van der Waals surface area contributed by atoms with Crippen LogP contribution in [0.25, 0.3) is 0 Å². The van der Waals surface area contributed by atoms with E-state index in [1.54, 1.807) is 0 Å². The standard InChI is InChI=1S/C19H23ClN2/c1-14-7-8-17(13-18(14)20)21-9-11-22(12-10-21)19-15(2)5-4-6-16(19)3/h4-8,13H,9-12H2,1-3H3. The summed E-state index contributed by atoms with van der Waals surface area (Å²) in [6.07, 6.45) is 0. The molecular formula is C19H23ClN2. The Kier molecular flexibility index (Phi) is 4.30. The molecule has 0 spiro atoms. The van der Waals surface area contributed by atoms with Crippen molar-refractivity contribution in [2.75, 3.05) is 36.0 Å². The van der Waals surface area contributed by atoms with E-state index in [-0.39, 0.29) is 0 Å². The molecule has 1 aliphatic heterocycles. The van der Waals surface area contributed by atoms with Crippen LogP contribution in [-0.2, 0) is 0 Å². The molecule has 0 N–H and O–H groups in total. The minimum Gasteiger partial charge on any atom is -0.368 e. The maximum atomic E-state index is 6.26. The fourth-order valence-corrected chi connectivity index (χ4v) is 3.45. The molecular weight excluding hydrogens is 292 g/mol. The van der Waals surface area contributed by atoms with E-state index in [4.69, 9.17) is 11.6 Å². The van der Waals surface area contributed by atoms with Gasteiger partial charge in [0.2, 0.25) is 0 Å². The van der Waals surface area contributed by atoms with Crippen LogP contribution in [0.5, 0.6) is 0 Å². The first-order valence-corrected chi connectivity index (χ1v) is 8.26. The third-order valence-corrected chi connectivity index (χ3v) is 4.96. The van der Waals surface area contributed by atoms with Gasteiger partial charge in [0.25, 0.3) is 0 Å². The lowest BCUT2D eigenvalue weighted by Crippen LogP contribution is -2.47. The molecule has 0 saturated carbocycles. The summed E-state index contributed by atoms with van der Waals surface area (Å²) in [6.45, 7) is 10.6. The summed E-state index contributed by atoms with van der Waals surface area (Å²) in [5, 5.41) is 0.856. The molecule has 1 saturated heterocycles. The van der Waals surface area contributed by atoms with Gasteiger partial charge < -0.3 is 9.80 Å². The minimum absolute atomic E-state index is 0.856. The molecule has 116 valence electrons. The average Bonchev–Trinajstić information content (AvgIpc) is 2.51. The predicted octanol–water partition coefficient (Wildman–Crippen LogP) is 4.59. The summed E-state index contributed by atoms with van der Waals surface area (Å²) >= 11 is 6.26. The number of piperazine rings is 1. The zero-order valence-corrected chi connectivity index (χ0v) is 14.3. The van der Waals surface area contributed by atoms with Crippen molar-refractivity contribution in [2.24, 2.45) is 0 Å². The van der Waals surface area contributed by atoms with Gasteiger partial charge in [-0.25, -0.2) is 0 Å². The second-order valence-electron chi connectivity index (χ2n) is 6.15. The fourth-order valence-electron chi connectivity index (χ4n) is 3.27. The van der Waals surface area contributed by atoms with Crippen molar-refractivity contribution in [3.8, 4) is 0 Å². The number of hydrogen-bond acceptors (Lipinski definition) is 2. The third kappa shape index (κ3) is 2.93. The van der Waals surface area contributed by atoms with Gasteiger partial charge in [0.15, 0.2) is 0 Å². The van der Waals surface area contributed by atoms with Gasteiger partial charge in [0.05, 0.1) is 0 Å². The van der Waals surface area contributed by atoms with Crippen molar-refractivity contribution in [1.29, 1.82) is 0 Å². The SMILES string of the molecule is Cc1ccc(N2CCN(c3c(C)cccc3C)CC2)cc1Cl. The van der Waals surface area contributed by atoms with Crippen molar-refractivity contribution in [2.45, 2.75) is 20.8 Å². The normalized spacial score (nSPS) is 15.3. The number of halogens is 1. The van der Waals surface area contributed by atoms with Crippen LogP contribution in [0.1, 0.15) is 16.7 Å². The zero-order chi connectivity index (χ0) is 15.7. The van der Waals surface area contributed by atoms with Crippen molar-refractivity contribution in [3.63, 3.8) is 0 Å². The van der Waals surface area contributed by atoms with Gasteiger partial charge in [0, 0.05) is 42.6 Å². The first-order chi connectivity index (χ1) is 10.6. The summed E-state index contributed by atoms with van der Waals surface area (Å²) in [4.78, 5) is 4.94. The Morgan fingerprint density at radius 2 is 1.36 bits per heavy atom. The molecule has 0 bridgehead atoms. The molecule has 22 heavy (non-hydrogen) atoms. The summed E-state index contributed by atoms with van der Waals surface area (Å²) in [5.74, 6) is 0. The lowest BCUT2D eigenvalue weighted by atomic mass is 10.1. The van der Waals surface area contributed by atoms with Crippen LogP contribution >= 0.6 is 11.6 Å². The maximum Gasteiger partial charge on any atom is 0.0455 e. The van der Waals surface area contributed by atoms with Crippen LogP contribution in [0.15, 0.2) is 36.4 Å². The Hall–Kier alpha value is -1.67. The lowest BCUT2D eigenvalue weighted by molar-refractivity contribution is 0.651. The van der Waals surface area contributed by atoms with Crippen LogP contribution < -0.4 is 9.80 Å². The van der Waals surface area contributed by atoms with Gasteiger partial charge in [-0.2, -0.15) is 0 Å². The summed E-state index contributed by atoms with van der Waals surface area (Å²) in [5.41, 5.74) is 6.51. The van der Waals surface area contributed by atoms with E-state index in [0.717, 1.165) is 36.8 Å². The number of anilines is 2. The molecule has 0 atom stereocenters. The van der Waals surface area contributed by atoms with Crippen molar-refractivity contribution >= 4 is 23.0 Å². The highest BCUT2D eigenvalue weighted by atomic mass is 35.5. The van der Waals surface area contributed by atoms with Crippen LogP contribution in [0.3, 0.4) is 0 Å². The molecule has 0 amide bonds. The number of benzene rings is 2. The molecule has 1 fully saturated rings. The van der Waals surface area contributed by atoms with Gasteiger partial charge in [0.1, 0.15) is 0 Å². The highest BCUT2D eigenvalue weighted by Gasteiger charge is 2.20. The van der Waals surface area contributed by atoms with Crippen LogP contribution in [0.2, 0.25) is 5.02 Å². The predicted molar refractivity (Wildman–Crippen MR) is 96.5 cm³/mol. The number of aryl methyl sites for hydroxylation is 3. The van der Waals surface area contributed by atoms with Gasteiger partial charge >= 0.3 is 0 Å². The van der Waals surface area contributed by atoms with Crippen LogP contribution in [0, 0.1) is 20.8 Å². The summed E-state index contributed by atoms with van der Waals surface area (Å²) < 4.78 is 0. The van der Waals surface area contributed by atoms with Gasteiger partial charge in [-0.15, -0.1) is 0 Å². The van der Waals surface area contributed by atoms with Gasteiger partial charge in [-0.3, -0.25) is 0 Å². The number of rotatable bonds is 2. The molecule has 2 aromatic carbocycles.